The molecule has 120 valence electrons. The van der Waals surface area contributed by atoms with Crippen molar-refractivity contribution in [3.05, 3.63) is 59.7 Å². The number of alkyl halides is 3. The minimum Gasteiger partial charge on any atom is -0.457 e. The first-order chi connectivity index (χ1) is 10.9. The zero-order valence-electron chi connectivity index (χ0n) is 12.1. The molecule has 3 rings (SSSR count). The summed E-state index contributed by atoms with van der Waals surface area (Å²) in [5.74, 6) is 0.315. The molecule has 0 atom stereocenters. The van der Waals surface area contributed by atoms with Gasteiger partial charge >= 0.3 is 6.18 Å². The van der Waals surface area contributed by atoms with E-state index in [-0.39, 0.29) is 11.7 Å². The molecule has 0 aromatic heterocycles. The Balaban J connectivity index is 1.79. The molecule has 1 saturated heterocycles. The van der Waals surface area contributed by atoms with Crippen LogP contribution in [-0.4, -0.2) is 23.9 Å². The first kappa shape index (κ1) is 15.4. The summed E-state index contributed by atoms with van der Waals surface area (Å²) in [7, 11) is 0. The number of likely N-dealkylation sites (tertiary alicyclic amines) is 1. The second-order valence-electron chi connectivity index (χ2n) is 5.30. The molecule has 23 heavy (non-hydrogen) atoms. The number of amides is 1. The molecule has 2 aromatic carbocycles. The quantitative estimate of drug-likeness (QED) is 0.841. The third-order valence-corrected chi connectivity index (χ3v) is 3.62. The van der Waals surface area contributed by atoms with Crippen molar-refractivity contribution < 1.29 is 22.7 Å². The summed E-state index contributed by atoms with van der Waals surface area (Å²) in [5, 5.41) is 0. The maximum atomic E-state index is 12.7. The second-order valence-corrected chi connectivity index (χ2v) is 5.30. The molecule has 3 nitrogen and oxygen atoms in total. The number of nitrogens with zero attached hydrogens (tertiary/aromatic N) is 1. The summed E-state index contributed by atoms with van der Waals surface area (Å²) >= 11 is 0. The summed E-state index contributed by atoms with van der Waals surface area (Å²) < 4.78 is 43.6. The van der Waals surface area contributed by atoms with Gasteiger partial charge in [0.15, 0.2) is 0 Å². The van der Waals surface area contributed by atoms with Crippen LogP contribution < -0.4 is 4.74 Å². The van der Waals surface area contributed by atoms with Crippen LogP contribution in [0.4, 0.5) is 13.2 Å². The SMILES string of the molecule is O=C(c1cccc(Oc2cccc(C(F)(F)F)c2)c1)N1CCC1. The summed E-state index contributed by atoms with van der Waals surface area (Å²) in [6.45, 7) is 1.47. The highest BCUT2D eigenvalue weighted by Gasteiger charge is 2.30. The van der Waals surface area contributed by atoms with Gasteiger partial charge in [0.05, 0.1) is 5.56 Å². The van der Waals surface area contributed by atoms with Crippen LogP contribution in [0.1, 0.15) is 22.3 Å². The predicted molar refractivity (Wildman–Crippen MR) is 78.5 cm³/mol. The van der Waals surface area contributed by atoms with Gasteiger partial charge in [-0.05, 0) is 42.8 Å². The smallest absolute Gasteiger partial charge is 0.416 e. The molecule has 1 aliphatic heterocycles. The summed E-state index contributed by atoms with van der Waals surface area (Å²) in [5.41, 5.74) is -0.308. The molecule has 0 aliphatic carbocycles. The molecular weight excluding hydrogens is 307 g/mol. The minimum absolute atomic E-state index is 0.0772. The normalized spacial score (nSPS) is 14.3. The highest BCUT2D eigenvalue weighted by molar-refractivity contribution is 5.95. The number of hydrogen-bond donors (Lipinski definition) is 0. The van der Waals surface area contributed by atoms with Crippen molar-refractivity contribution in [1.29, 1.82) is 0 Å². The molecule has 1 aliphatic rings. The largest absolute Gasteiger partial charge is 0.457 e. The molecule has 1 amide bonds. The van der Waals surface area contributed by atoms with E-state index in [0.717, 1.165) is 31.6 Å². The maximum absolute atomic E-state index is 12.7. The van der Waals surface area contributed by atoms with E-state index in [1.807, 2.05) is 0 Å². The van der Waals surface area contributed by atoms with E-state index in [4.69, 9.17) is 4.74 Å². The van der Waals surface area contributed by atoms with E-state index in [2.05, 4.69) is 0 Å². The Morgan fingerprint density at radius 2 is 1.65 bits per heavy atom. The van der Waals surface area contributed by atoms with Crippen LogP contribution in [0.3, 0.4) is 0 Å². The Morgan fingerprint density at radius 1 is 1.00 bits per heavy atom. The molecule has 0 saturated carbocycles. The van der Waals surface area contributed by atoms with E-state index in [0.29, 0.717) is 11.3 Å². The van der Waals surface area contributed by atoms with Gasteiger partial charge in [0.1, 0.15) is 11.5 Å². The Labute approximate surface area is 131 Å². The molecule has 6 heteroatoms. The maximum Gasteiger partial charge on any atom is 0.416 e. The van der Waals surface area contributed by atoms with Crippen LogP contribution in [0.25, 0.3) is 0 Å². The molecule has 0 unspecified atom stereocenters. The summed E-state index contributed by atoms with van der Waals surface area (Å²) in [4.78, 5) is 13.9. The number of hydrogen-bond acceptors (Lipinski definition) is 2. The van der Waals surface area contributed by atoms with E-state index in [1.165, 1.54) is 12.1 Å². The lowest BCUT2D eigenvalue weighted by molar-refractivity contribution is -0.137. The van der Waals surface area contributed by atoms with Gasteiger partial charge in [0.25, 0.3) is 5.91 Å². The Hall–Kier alpha value is -2.50. The van der Waals surface area contributed by atoms with Crippen LogP contribution in [-0.2, 0) is 6.18 Å². The molecule has 0 bridgehead atoms. The van der Waals surface area contributed by atoms with Gasteiger partial charge in [0.2, 0.25) is 0 Å². The van der Waals surface area contributed by atoms with E-state index >= 15 is 0 Å². The van der Waals surface area contributed by atoms with Gasteiger partial charge in [-0.15, -0.1) is 0 Å². The average molecular weight is 321 g/mol. The number of carbonyl (C=O) groups excluding carboxylic acids is 1. The average Bonchev–Trinajstić information content (AvgIpc) is 2.45. The van der Waals surface area contributed by atoms with Crippen molar-refractivity contribution in [2.45, 2.75) is 12.6 Å². The minimum atomic E-state index is -4.42. The number of benzene rings is 2. The first-order valence-electron chi connectivity index (χ1n) is 7.18. The molecule has 0 spiro atoms. The van der Waals surface area contributed by atoms with Crippen molar-refractivity contribution in [1.82, 2.24) is 4.90 Å². The van der Waals surface area contributed by atoms with Crippen LogP contribution in [0.15, 0.2) is 48.5 Å². The van der Waals surface area contributed by atoms with Crippen LogP contribution in [0.5, 0.6) is 11.5 Å². The fourth-order valence-electron chi connectivity index (χ4n) is 2.27. The molecular formula is C17H14F3NO2. The van der Waals surface area contributed by atoms with Crippen LogP contribution in [0.2, 0.25) is 0 Å². The highest BCUT2D eigenvalue weighted by atomic mass is 19.4. The summed E-state index contributed by atoms with van der Waals surface area (Å²) in [6.07, 6.45) is -3.43. The molecule has 1 heterocycles. The van der Waals surface area contributed by atoms with Crippen molar-refractivity contribution in [2.24, 2.45) is 0 Å². The van der Waals surface area contributed by atoms with Gasteiger partial charge < -0.3 is 9.64 Å². The monoisotopic (exact) mass is 321 g/mol. The van der Waals surface area contributed by atoms with E-state index in [1.54, 1.807) is 29.2 Å². The van der Waals surface area contributed by atoms with Crippen molar-refractivity contribution in [3.63, 3.8) is 0 Å². The topological polar surface area (TPSA) is 29.5 Å². The van der Waals surface area contributed by atoms with E-state index < -0.39 is 11.7 Å². The van der Waals surface area contributed by atoms with Crippen LogP contribution in [0, 0.1) is 0 Å². The van der Waals surface area contributed by atoms with Gasteiger partial charge in [-0.2, -0.15) is 13.2 Å². The van der Waals surface area contributed by atoms with E-state index in [9.17, 15) is 18.0 Å². The first-order valence-corrected chi connectivity index (χ1v) is 7.18. The van der Waals surface area contributed by atoms with Crippen molar-refractivity contribution in [3.8, 4) is 11.5 Å². The fourth-order valence-corrected chi connectivity index (χ4v) is 2.27. The number of ether oxygens (including phenoxy) is 1. The predicted octanol–water partition coefficient (Wildman–Crippen LogP) is 4.34. The Morgan fingerprint density at radius 3 is 2.26 bits per heavy atom. The number of carbonyl (C=O) groups is 1. The lowest BCUT2D eigenvalue weighted by Crippen LogP contribution is -2.41. The molecule has 1 fully saturated rings. The van der Waals surface area contributed by atoms with Crippen LogP contribution >= 0.6 is 0 Å². The lowest BCUT2D eigenvalue weighted by Gasteiger charge is -2.30. The summed E-state index contributed by atoms with van der Waals surface area (Å²) in [6, 6.07) is 11.1. The Kier molecular flexibility index (Phi) is 3.98. The van der Waals surface area contributed by atoms with Gasteiger partial charge in [-0.3, -0.25) is 4.79 Å². The Bertz CT molecular complexity index is 724. The molecule has 2 aromatic rings. The van der Waals surface area contributed by atoms with Crippen molar-refractivity contribution >= 4 is 5.91 Å². The number of rotatable bonds is 3. The zero-order chi connectivity index (χ0) is 16.4. The standard InChI is InChI=1S/C17H14F3NO2/c18-17(19,20)13-5-2-7-15(11-13)23-14-6-1-4-12(10-14)16(22)21-8-3-9-21/h1-2,4-7,10-11H,3,8-9H2. The van der Waals surface area contributed by atoms with Gasteiger partial charge in [-0.1, -0.05) is 12.1 Å². The van der Waals surface area contributed by atoms with Gasteiger partial charge in [0, 0.05) is 18.7 Å². The third kappa shape index (κ3) is 3.47. The molecule has 0 N–H and O–H groups in total. The number of halogens is 3. The third-order valence-electron chi connectivity index (χ3n) is 3.62. The fraction of sp³-hybridized carbons (Fsp3) is 0.235. The zero-order valence-corrected chi connectivity index (χ0v) is 12.1. The highest BCUT2D eigenvalue weighted by Crippen LogP contribution is 2.32. The van der Waals surface area contributed by atoms with Crippen molar-refractivity contribution in [2.75, 3.05) is 13.1 Å². The van der Waals surface area contributed by atoms with Gasteiger partial charge in [-0.25, -0.2) is 0 Å². The second kappa shape index (κ2) is 5.95. The molecule has 0 radical (unpaired) electrons. The lowest BCUT2D eigenvalue weighted by atomic mass is 10.1.